The molecule has 0 aromatic heterocycles. The maximum Gasteiger partial charge on any atom is 0.321 e. The van der Waals surface area contributed by atoms with E-state index in [2.05, 4.69) is 6.92 Å². The van der Waals surface area contributed by atoms with Crippen LogP contribution in [0.15, 0.2) is 0 Å². The summed E-state index contributed by atoms with van der Waals surface area (Å²) >= 11 is -2.09. The molecular formula is C8H16O4S. The van der Waals surface area contributed by atoms with Crippen LogP contribution in [0.5, 0.6) is 0 Å². The summed E-state index contributed by atoms with van der Waals surface area (Å²) in [6.07, 6.45) is 2.70. The topological polar surface area (TPSA) is 63.6 Å². The second kappa shape index (κ2) is 7.03. The molecule has 0 heterocycles. The Kier molecular flexibility index (Phi) is 6.80. The van der Waals surface area contributed by atoms with Crippen LogP contribution in [0, 0.1) is 0 Å². The average molecular weight is 208 g/mol. The van der Waals surface area contributed by atoms with Crippen LogP contribution in [0.4, 0.5) is 0 Å². The van der Waals surface area contributed by atoms with Gasteiger partial charge in [0.25, 0.3) is 0 Å². The van der Waals surface area contributed by atoms with Gasteiger partial charge in [0.1, 0.15) is 5.75 Å². The molecule has 13 heavy (non-hydrogen) atoms. The minimum absolute atomic E-state index is 0.156. The summed E-state index contributed by atoms with van der Waals surface area (Å²) in [5, 5.41) is 0. The van der Waals surface area contributed by atoms with Crippen LogP contribution < -0.4 is 0 Å². The molecule has 2 unspecified atom stereocenters. The Bertz CT molecular complexity index is 181. The first-order valence-electron chi connectivity index (χ1n) is 4.33. The van der Waals surface area contributed by atoms with Gasteiger partial charge in [-0.05, 0) is 13.3 Å². The molecule has 78 valence electrons. The molecule has 0 saturated carbocycles. The lowest BCUT2D eigenvalue weighted by atomic mass is 10.2. The van der Waals surface area contributed by atoms with Gasteiger partial charge >= 0.3 is 5.97 Å². The molecule has 5 heteroatoms. The summed E-state index contributed by atoms with van der Waals surface area (Å²) in [5.41, 5.74) is 0. The van der Waals surface area contributed by atoms with Crippen molar-refractivity contribution >= 4 is 17.0 Å². The minimum Gasteiger partial charge on any atom is -0.462 e. The van der Waals surface area contributed by atoms with Crippen LogP contribution in [-0.4, -0.2) is 26.6 Å². The van der Waals surface area contributed by atoms with Gasteiger partial charge in [-0.15, -0.1) is 0 Å². The third-order valence-electron chi connectivity index (χ3n) is 1.54. The molecule has 0 aliphatic heterocycles. The second-order valence-corrected chi connectivity index (χ2v) is 3.84. The first kappa shape index (κ1) is 12.6. The summed E-state index contributed by atoms with van der Waals surface area (Å²) < 4.78 is 23.5. The Balaban J connectivity index is 3.59. The monoisotopic (exact) mass is 208 g/mol. The standard InChI is InChI=1S/C8H16O4S/c1-3-4-5-7(2)12-8(9)6-13(10)11/h7H,3-6H2,1-2H3,(H,10,11). The summed E-state index contributed by atoms with van der Waals surface area (Å²) in [7, 11) is 0. The van der Waals surface area contributed by atoms with E-state index in [0.29, 0.717) is 0 Å². The molecule has 0 bridgehead atoms. The highest BCUT2D eigenvalue weighted by molar-refractivity contribution is 7.80. The number of carbonyl (C=O) groups is 1. The van der Waals surface area contributed by atoms with Crippen LogP contribution in [0.25, 0.3) is 0 Å². The van der Waals surface area contributed by atoms with Gasteiger partial charge in [0.2, 0.25) is 0 Å². The van der Waals surface area contributed by atoms with E-state index in [9.17, 15) is 9.00 Å². The lowest BCUT2D eigenvalue weighted by Gasteiger charge is -2.11. The van der Waals surface area contributed by atoms with Gasteiger partial charge < -0.3 is 9.29 Å². The lowest BCUT2D eigenvalue weighted by Crippen LogP contribution is -2.19. The van der Waals surface area contributed by atoms with E-state index in [0.717, 1.165) is 19.3 Å². The van der Waals surface area contributed by atoms with E-state index in [-0.39, 0.29) is 6.10 Å². The molecule has 0 rings (SSSR count). The van der Waals surface area contributed by atoms with Crippen molar-refractivity contribution < 1.29 is 18.3 Å². The number of rotatable bonds is 6. The number of ether oxygens (including phenoxy) is 1. The smallest absolute Gasteiger partial charge is 0.321 e. The third-order valence-corrected chi connectivity index (χ3v) is 2.02. The van der Waals surface area contributed by atoms with Crippen LogP contribution >= 0.6 is 0 Å². The van der Waals surface area contributed by atoms with Crippen molar-refractivity contribution in [2.45, 2.75) is 39.2 Å². The molecule has 2 atom stereocenters. The lowest BCUT2D eigenvalue weighted by molar-refractivity contribution is -0.145. The summed E-state index contributed by atoms with van der Waals surface area (Å²) in [6, 6.07) is 0. The van der Waals surface area contributed by atoms with Gasteiger partial charge in [-0.2, -0.15) is 0 Å². The molecular weight excluding hydrogens is 192 g/mol. The zero-order valence-electron chi connectivity index (χ0n) is 7.99. The minimum atomic E-state index is -2.09. The summed E-state index contributed by atoms with van der Waals surface area (Å²) in [5.74, 6) is -1.04. The zero-order chi connectivity index (χ0) is 10.3. The average Bonchev–Trinajstić information content (AvgIpc) is 1.98. The Morgan fingerprint density at radius 3 is 2.69 bits per heavy atom. The first-order valence-corrected chi connectivity index (χ1v) is 5.60. The van der Waals surface area contributed by atoms with Crippen molar-refractivity contribution in [1.82, 2.24) is 0 Å². The quantitative estimate of drug-likeness (QED) is 0.528. The normalized spacial score (nSPS) is 15.0. The van der Waals surface area contributed by atoms with E-state index in [1.54, 1.807) is 6.92 Å². The van der Waals surface area contributed by atoms with Gasteiger partial charge in [0.05, 0.1) is 6.10 Å². The number of hydrogen-bond acceptors (Lipinski definition) is 3. The second-order valence-electron chi connectivity index (χ2n) is 2.91. The Hall–Kier alpha value is -0.420. The molecule has 0 spiro atoms. The SMILES string of the molecule is CCCCC(C)OC(=O)CS(=O)O. The van der Waals surface area contributed by atoms with E-state index in [4.69, 9.17) is 9.29 Å². The highest BCUT2D eigenvalue weighted by Gasteiger charge is 2.11. The Labute approximate surface area is 80.9 Å². The largest absolute Gasteiger partial charge is 0.462 e. The van der Waals surface area contributed by atoms with E-state index >= 15 is 0 Å². The molecule has 0 aromatic rings. The maximum absolute atomic E-state index is 10.9. The molecule has 0 amide bonds. The van der Waals surface area contributed by atoms with E-state index in [1.165, 1.54) is 0 Å². The molecule has 0 saturated heterocycles. The fourth-order valence-corrected chi connectivity index (χ4v) is 1.18. The van der Waals surface area contributed by atoms with Gasteiger partial charge in [-0.1, -0.05) is 19.8 Å². The Morgan fingerprint density at radius 1 is 1.62 bits per heavy atom. The Morgan fingerprint density at radius 2 is 2.23 bits per heavy atom. The van der Waals surface area contributed by atoms with Crippen LogP contribution in [0.2, 0.25) is 0 Å². The molecule has 0 radical (unpaired) electrons. The molecule has 0 aliphatic carbocycles. The maximum atomic E-state index is 10.9. The van der Waals surface area contributed by atoms with Crippen LogP contribution in [-0.2, 0) is 20.6 Å². The zero-order valence-corrected chi connectivity index (χ0v) is 8.80. The van der Waals surface area contributed by atoms with Crippen molar-refractivity contribution in [3.8, 4) is 0 Å². The molecule has 1 N–H and O–H groups in total. The highest BCUT2D eigenvalue weighted by atomic mass is 32.2. The van der Waals surface area contributed by atoms with Crippen molar-refractivity contribution in [1.29, 1.82) is 0 Å². The number of esters is 1. The van der Waals surface area contributed by atoms with E-state index in [1.807, 2.05) is 0 Å². The van der Waals surface area contributed by atoms with Gasteiger partial charge in [-0.3, -0.25) is 4.79 Å². The fourth-order valence-electron chi connectivity index (χ4n) is 0.910. The van der Waals surface area contributed by atoms with Crippen molar-refractivity contribution in [2.75, 3.05) is 5.75 Å². The van der Waals surface area contributed by atoms with Crippen molar-refractivity contribution in [3.63, 3.8) is 0 Å². The molecule has 4 nitrogen and oxygen atoms in total. The van der Waals surface area contributed by atoms with Crippen LogP contribution in [0.1, 0.15) is 33.1 Å². The highest BCUT2D eigenvalue weighted by Crippen LogP contribution is 2.04. The molecule has 0 aromatic carbocycles. The summed E-state index contributed by atoms with van der Waals surface area (Å²) in [6.45, 7) is 3.84. The van der Waals surface area contributed by atoms with E-state index < -0.39 is 22.8 Å². The fraction of sp³-hybridized carbons (Fsp3) is 0.875. The van der Waals surface area contributed by atoms with Gasteiger partial charge in [0.15, 0.2) is 11.1 Å². The molecule has 0 aliphatic rings. The predicted octanol–water partition coefficient (Wildman–Crippen LogP) is 1.33. The molecule has 0 fully saturated rings. The van der Waals surface area contributed by atoms with Crippen molar-refractivity contribution in [2.24, 2.45) is 0 Å². The van der Waals surface area contributed by atoms with Gasteiger partial charge in [-0.25, -0.2) is 4.21 Å². The first-order chi connectivity index (χ1) is 6.06. The number of unbranched alkanes of at least 4 members (excludes halogenated alkanes) is 1. The van der Waals surface area contributed by atoms with Gasteiger partial charge in [0, 0.05) is 0 Å². The van der Waals surface area contributed by atoms with Crippen molar-refractivity contribution in [3.05, 3.63) is 0 Å². The van der Waals surface area contributed by atoms with Crippen LogP contribution in [0.3, 0.4) is 0 Å². The summed E-state index contributed by atoms with van der Waals surface area (Å²) in [4.78, 5) is 10.9. The number of carbonyl (C=O) groups excluding carboxylic acids is 1. The third kappa shape index (κ3) is 7.93. The predicted molar refractivity (Wildman–Crippen MR) is 50.7 cm³/mol. The number of hydrogen-bond donors (Lipinski definition) is 1.